The Hall–Kier alpha value is -1.57. The van der Waals surface area contributed by atoms with Crippen LogP contribution in [-0.2, 0) is 14.8 Å². The second kappa shape index (κ2) is 7.84. The Labute approximate surface area is 186 Å². The van der Waals surface area contributed by atoms with E-state index in [-0.39, 0.29) is 12.0 Å². The molecule has 2 aliphatic heterocycles. The van der Waals surface area contributed by atoms with E-state index < -0.39 is 10.0 Å². The summed E-state index contributed by atoms with van der Waals surface area (Å²) in [6.07, 6.45) is 5.37. The van der Waals surface area contributed by atoms with Crippen molar-refractivity contribution in [1.82, 2.24) is 4.31 Å². The molecule has 0 spiro atoms. The predicted octanol–water partition coefficient (Wildman–Crippen LogP) is 4.84. The van der Waals surface area contributed by atoms with Crippen LogP contribution in [0.5, 0.6) is 0 Å². The van der Waals surface area contributed by atoms with Gasteiger partial charge >= 0.3 is 0 Å². The molecule has 2 heterocycles. The maximum Gasteiger partial charge on any atom is 0.243 e. The van der Waals surface area contributed by atoms with Crippen molar-refractivity contribution in [3.63, 3.8) is 0 Å². The highest BCUT2D eigenvalue weighted by atomic mass is 35.5. The number of halogens is 2. The quantitative estimate of drug-likeness (QED) is 0.660. The summed E-state index contributed by atoms with van der Waals surface area (Å²) in [6.45, 7) is 1.65. The molecular weight excluding hydrogens is 443 g/mol. The largest absolute Gasteiger partial charge is 0.379 e. The molecular formula is C22H22Cl2N2O3S. The van der Waals surface area contributed by atoms with Crippen molar-refractivity contribution in [2.75, 3.05) is 31.6 Å². The van der Waals surface area contributed by atoms with Gasteiger partial charge in [-0.3, -0.25) is 0 Å². The fourth-order valence-corrected chi connectivity index (χ4v) is 6.71. The van der Waals surface area contributed by atoms with Crippen LogP contribution in [-0.4, -0.2) is 39.0 Å². The molecule has 158 valence electrons. The topological polar surface area (TPSA) is 58.6 Å². The van der Waals surface area contributed by atoms with Gasteiger partial charge in [-0.15, -0.1) is 0 Å². The zero-order chi connectivity index (χ0) is 20.9. The highest BCUT2D eigenvalue weighted by molar-refractivity contribution is 7.89. The van der Waals surface area contributed by atoms with Gasteiger partial charge in [-0.2, -0.15) is 4.31 Å². The molecule has 1 N–H and O–H groups in total. The second-order valence-electron chi connectivity index (χ2n) is 7.91. The number of nitrogens with one attached hydrogen (secondary N) is 1. The molecule has 0 aromatic heterocycles. The molecule has 0 bridgehead atoms. The summed E-state index contributed by atoms with van der Waals surface area (Å²) < 4.78 is 32.6. The summed E-state index contributed by atoms with van der Waals surface area (Å²) in [6, 6.07) is 11.0. The van der Waals surface area contributed by atoms with Crippen molar-refractivity contribution in [3.8, 4) is 0 Å². The first-order valence-corrected chi connectivity index (χ1v) is 12.2. The molecule has 0 radical (unpaired) electrons. The Morgan fingerprint density at radius 2 is 1.80 bits per heavy atom. The van der Waals surface area contributed by atoms with Crippen molar-refractivity contribution in [2.45, 2.75) is 23.3 Å². The Bertz CT molecular complexity index is 1100. The van der Waals surface area contributed by atoms with Gasteiger partial charge in [0, 0.05) is 24.0 Å². The van der Waals surface area contributed by atoms with Crippen LogP contribution in [0, 0.1) is 5.92 Å². The molecule has 3 aliphatic rings. The van der Waals surface area contributed by atoms with Crippen molar-refractivity contribution >= 4 is 38.9 Å². The molecule has 1 aliphatic carbocycles. The number of anilines is 1. The van der Waals surface area contributed by atoms with E-state index in [1.54, 1.807) is 18.2 Å². The van der Waals surface area contributed by atoms with E-state index in [4.69, 9.17) is 27.9 Å². The number of rotatable bonds is 3. The molecule has 1 fully saturated rings. The second-order valence-corrected chi connectivity index (χ2v) is 10.7. The van der Waals surface area contributed by atoms with Crippen molar-refractivity contribution in [3.05, 3.63) is 69.7 Å². The highest BCUT2D eigenvalue weighted by Crippen LogP contribution is 2.52. The predicted molar refractivity (Wildman–Crippen MR) is 119 cm³/mol. The average Bonchev–Trinajstić information content (AvgIpc) is 3.24. The van der Waals surface area contributed by atoms with Gasteiger partial charge in [0.05, 0.1) is 34.9 Å². The van der Waals surface area contributed by atoms with E-state index in [1.807, 2.05) is 18.2 Å². The number of ether oxygens (including phenoxy) is 1. The van der Waals surface area contributed by atoms with Crippen LogP contribution in [0.25, 0.3) is 0 Å². The first-order valence-electron chi connectivity index (χ1n) is 10.0. The molecule has 0 saturated carbocycles. The summed E-state index contributed by atoms with van der Waals surface area (Å²) in [5, 5.41) is 4.83. The van der Waals surface area contributed by atoms with Crippen molar-refractivity contribution in [1.29, 1.82) is 0 Å². The fourth-order valence-electron chi connectivity index (χ4n) is 4.73. The Morgan fingerprint density at radius 3 is 2.53 bits per heavy atom. The minimum Gasteiger partial charge on any atom is -0.379 e. The number of allylic oxidation sites excluding steroid dienone is 2. The van der Waals surface area contributed by atoms with Crippen LogP contribution >= 0.6 is 23.2 Å². The van der Waals surface area contributed by atoms with Gasteiger partial charge in [-0.1, -0.05) is 47.5 Å². The number of sulfonamides is 1. The number of morpholine rings is 1. The van der Waals surface area contributed by atoms with Crippen LogP contribution in [0.4, 0.5) is 5.69 Å². The fraction of sp³-hybridized carbons (Fsp3) is 0.364. The van der Waals surface area contributed by atoms with E-state index in [0.717, 1.165) is 23.2 Å². The van der Waals surface area contributed by atoms with Crippen molar-refractivity contribution < 1.29 is 13.2 Å². The third kappa shape index (κ3) is 3.45. The molecule has 0 amide bonds. The molecule has 5 nitrogen and oxygen atoms in total. The van der Waals surface area contributed by atoms with Crippen LogP contribution in [0.3, 0.4) is 0 Å². The Balaban J connectivity index is 1.46. The molecule has 3 atom stereocenters. The van der Waals surface area contributed by atoms with Crippen molar-refractivity contribution in [2.24, 2.45) is 5.92 Å². The monoisotopic (exact) mass is 464 g/mol. The van der Waals surface area contributed by atoms with Gasteiger partial charge in [0.2, 0.25) is 10.0 Å². The highest BCUT2D eigenvalue weighted by Gasteiger charge is 2.39. The lowest BCUT2D eigenvalue weighted by molar-refractivity contribution is 0.0730. The maximum absolute atomic E-state index is 12.9. The summed E-state index contributed by atoms with van der Waals surface area (Å²) >= 11 is 12.7. The standard InChI is InChI=1S/C22H22Cl2N2O3S/c23-15-12-19-17-2-1-3-18(17)21(25-22(19)20(24)13-15)14-4-6-16(7-5-14)30(27,28)26-8-10-29-11-9-26/h1-2,4-7,12-13,17-18,21,25H,3,8-11H2/t17?,18?,21-/m0/s1. The van der Waals surface area contributed by atoms with Gasteiger partial charge in [-0.25, -0.2) is 8.42 Å². The molecule has 30 heavy (non-hydrogen) atoms. The van der Waals surface area contributed by atoms with Gasteiger partial charge in [-0.05, 0) is 47.7 Å². The van der Waals surface area contributed by atoms with Crippen LogP contribution in [0.1, 0.15) is 29.5 Å². The summed E-state index contributed by atoms with van der Waals surface area (Å²) in [7, 11) is -3.50. The Morgan fingerprint density at radius 1 is 1.07 bits per heavy atom. The van der Waals surface area contributed by atoms with E-state index in [1.165, 1.54) is 4.31 Å². The van der Waals surface area contributed by atoms with Crippen LogP contribution < -0.4 is 5.32 Å². The Kier molecular flexibility index (Phi) is 5.32. The molecule has 1 saturated heterocycles. The lowest BCUT2D eigenvalue weighted by Gasteiger charge is -2.38. The molecule has 2 aromatic carbocycles. The minimum atomic E-state index is -3.50. The number of hydrogen-bond acceptors (Lipinski definition) is 4. The SMILES string of the molecule is O=S(=O)(c1ccc([C@@H]2Nc3c(Cl)cc(Cl)cc3C3C=CCC32)cc1)N1CCOCC1. The molecule has 2 unspecified atom stereocenters. The third-order valence-electron chi connectivity index (χ3n) is 6.23. The first kappa shape index (κ1) is 20.3. The van der Waals surface area contributed by atoms with Gasteiger partial charge in [0.15, 0.2) is 0 Å². The molecule has 8 heteroatoms. The molecule has 2 aromatic rings. The number of hydrogen-bond donors (Lipinski definition) is 1. The first-order chi connectivity index (χ1) is 14.4. The summed E-state index contributed by atoms with van der Waals surface area (Å²) in [4.78, 5) is 0.315. The normalized spacial score (nSPS) is 26.1. The lowest BCUT2D eigenvalue weighted by Crippen LogP contribution is -2.40. The smallest absolute Gasteiger partial charge is 0.243 e. The number of fused-ring (bicyclic) bond motifs is 3. The minimum absolute atomic E-state index is 0.0383. The van der Waals surface area contributed by atoms with E-state index >= 15 is 0 Å². The average molecular weight is 465 g/mol. The molecule has 5 rings (SSSR count). The third-order valence-corrected chi connectivity index (χ3v) is 8.66. The zero-order valence-corrected chi connectivity index (χ0v) is 18.6. The van der Waals surface area contributed by atoms with Crippen LogP contribution in [0.15, 0.2) is 53.4 Å². The van der Waals surface area contributed by atoms with E-state index in [9.17, 15) is 8.42 Å². The van der Waals surface area contributed by atoms with Crippen LogP contribution in [0.2, 0.25) is 10.0 Å². The maximum atomic E-state index is 12.9. The van der Waals surface area contributed by atoms with Gasteiger partial charge in [0.25, 0.3) is 0 Å². The lowest BCUT2D eigenvalue weighted by atomic mass is 9.77. The summed E-state index contributed by atoms with van der Waals surface area (Å²) in [5.74, 6) is 0.563. The van der Waals surface area contributed by atoms with E-state index in [0.29, 0.717) is 47.2 Å². The van der Waals surface area contributed by atoms with Gasteiger partial charge in [0.1, 0.15) is 0 Å². The van der Waals surface area contributed by atoms with E-state index in [2.05, 4.69) is 17.5 Å². The number of nitrogens with zero attached hydrogens (tertiary/aromatic N) is 1. The zero-order valence-electron chi connectivity index (χ0n) is 16.2. The number of benzene rings is 2. The van der Waals surface area contributed by atoms with Gasteiger partial charge < -0.3 is 10.1 Å². The summed E-state index contributed by atoms with van der Waals surface area (Å²) in [5.41, 5.74) is 3.07.